The van der Waals surface area contributed by atoms with Gasteiger partial charge in [-0.25, -0.2) is 4.39 Å². The lowest BCUT2D eigenvalue weighted by Crippen LogP contribution is -2.29. The molecule has 0 bridgehead atoms. The molecule has 3 nitrogen and oxygen atoms in total. The molecule has 0 aliphatic carbocycles. The molecule has 0 fully saturated rings. The highest BCUT2D eigenvalue weighted by molar-refractivity contribution is 7.89. The van der Waals surface area contributed by atoms with Gasteiger partial charge in [0.05, 0.1) is 5.41 Å². The van der Waals surface area contributed by atoms with Crippen molar-refractivity contribution >= 4 is 10.1 Å². The van der Waals surface area contributed by atoms with Crippen LogP contribution in [0.4, 0.5) is 17.6 Å². The van der Waals surface area contributed by atoms with Gasteiger partial charge in [-0.2, -0.15) is 21.6 Å². The van der Waals surface area contributed by atoms with Crippen LogP contribution in [0.1, 0.15) is 0 Å². The molecule has 78 valence electrons. The van der Waals surface area contributed by atoms with E-state index in [0.717, 1.165) is 0 Å². The fourth-order valence-corrected chi connectivity index (χ4v) is 0.703. The van der Waals surface area contributed by atoms with E-state index in [2.05, 4.69) is 10.8 Å². The van der Waals surface area contributed by atoms with Crippen LogP contribution in [0.2, 0.25) is 0 Å². The molecule has 0 rings (SSSR count). The minimum absolute atomic E-state index is 0.288. The van der Waals surface area contributed by atoms with Gasteiger partial charge in [-0.15, -0.1) is 0 Å². The average Bonchev–Trinajstić information content (AvgIpc) is 1.98. The second kappa shape index (κ2) is 4.05. The zero-order valence-electron chi connectivity index (χ0n) is 6.21. The topological polar surface area (TPSA) is 43.4 Å². The lowest BCUT2D eigenvalue weighted by molar-refractivity contribution is -0.186. The number of rotatable bonds is 4. The van der Waals surface area contributed by atoms with Crippen molar-refractivity contribution in [2.45, 2.75) is 12.3 Å². The molecule has 1 unspecified atom stereocenters. The van der Waals surface area contributed by atoms with E-state index in [1.165, 1.54) is 0 Å². The minimum Gasteiger partial charge on any atom is -0.263 e. The van der Waals surface area contributed by atoms with Crippen LogP contribution in [0.15, 0.2) is 12.0 Å². The Morgan fingerprint density at radius 3 is 2.23 bits per heavy atom. The van der Waals surface area contributed by atoms with E-state index in [-0.39, 0.29) is 5.41 Å². The fraction of sp³-hybridized carbons (Fsp3) is 0.600. The largest absolute Gasteiger partial charge is 0.422 e. The number of hydrogen-bond acceptors (Lipinski definition) is 3. The van der Waals surface area contributed by atoms with E-state index in [1.807, 2.05) is 0 Å². The molecule has 1 atom stereocenters. The highest BCUT2D eigenvalue weighted by Crippen LogP contribution is 2.23. The minimum atomic E-state index is -5.11. The predicted octanol–water partition coefficient (Wildman–Crippen LogP) is 1.38. The second-order valence-corrected chi connectivity index (χ2v) is 3.51. The van der Waals surface area contributed by atoms with Crippen LogP contribution in [0, 0.1) is 0 Å². The van der Waals surface area contributed by atoms with E-state index in [0.29, 0.717) is 0 Å². The third-order valence-corrected chi connectivity index (χ3v) is 1.81. The summed E-state index contributed by atoms with van der Waals surface area (Å²) < 4.78 is 70.7. The number of alkyl halides is 4. The van der Waals surface area contributed by atoms with Gasteiger partial charge in [0, 0.05) is 0 Å². The Labute approximate surface area is 72.1 Å². The molecule has 0 saturated heterocycles. The van der Waals surface area contributed by atoms with Crippen LogP contribution in [0.5, 0.6) is 0 Å². The maximum Gasteiger partial charge on any atom is 0.422 e. The molecule has 0 aromatic rings. The maximum atomic E-state index is 12.0. The van der Waals surface area contributed by atoms with Crippen molar-refractivity contribution < 1.29 is 30.2 Å². The zero-order chi connectivity index (χ0) is 10.7. The molecule has 0 aromatic carbocycles. The molecule has 0 aliphatic rings. The predicted molar refractivity (Wildman–Crippen MR) is 36.0 cm³/mol. The van der Waals surface area contributed by atoms with Crippen molar-refractivity contribution in [2.24, 2.45) is 0 Å². The van der Waals surface area contributed by atoms with E-state index in [9.17, 15) is 26.0 Å². The van der Waals surface area contributed by atoms with Gasteiger partial charge in [-0.3, -0.25) is 4.18 Å². The third kappa shape index (κ3) is 4.83. The Kier molecular flexibility index (Phi) is 3.86. The summed E-state index contributed by atoms with van der Waals surface area (Å²) in [5, 5.41) is 0.288. The first-order chi connectivity index (χ1) is 5.69. The molecular formula is C5H6F4O3S. The monoisotopic (exact) mass is 222 g/mol. The highest BCUT2D eigenvalue weighted by Gasteiger charge is 2.41. The summed E-state index contributed by atoms with van der Waals surface area (Å²) in [6.45, 7) is 1.17. The van der Waals surface area contributed by atoms with Gasteiger partial charge in [0.25, 0.3) is 10.1 Å². The molecule has 0 amide bonds. The summed E-state index contributed by atoms with van der Waals surface area (Å²) in [5.74, 6) is 0. The maximum absolute atomic E-state index is 12.0. The van der Waals surface area contributed by atoms with Gasteiger partial charge < -0.3 is 0 Å². The Balaban J connectivity index is 4.13. The van der Waals surface area contributed by atoms with E-state index < -0.39 is 29.1 Å². The molecule has 0 radical (unpaired) electrons. The molecule has 0 spiro atoms. The van der Waals surface area contributed by atoms with Crippen molar-refractivity contribution in [3.63, 3.8) is 0 Å². The normalized spacial score (nSPS) is 15.4. The SMILES string of the molecule is C=CS(=O)(=O)OCC(F)C(F)(F)F. The summed E-state index contributed by atoms with van der Waals surface area (Å²) in [7, 11) is -4.25. The zero-order valence-corrected chi connectivity index (χ0v) is 7.03. The third-order valence-electron chi connectivity index (χ3n) is 0.938. The Bertz CT molecular complexity index is 268. The first kappa shape index (κ1) is 12.4. The summed E-state index contributed by atoms with van der Waals surface area (Å²) in [4.78, 5) is 0. The summed E-state index contributed by atoms with van der Waals surface area (Å²) in [5.41, 5.74) is 0. The van der Waals surface area contributed by atoms with Gasteiger partial charge in [0.2, 0.25) is 6.17 Å². The van der Waals surface area contributed by atoms with Crippen molar-refractivity contribution in [3.8, 4) is 0 Å². The Morgan fingerprint density at radius 2 is 1.92 bits per heavy atom. The molecule has 13 heavy (non-hydrogen) atoms. The lowest BCUT2D eigenvalue weighted by atomic mass is 10.4. The van der Waals surface area contributed by atoms with E-state index >= 15 is 0 Å². The van der Waals surface area contributed by atoms with Crippen LogP contribution < -0.4 is 0 Å². The van der Waals surface area contributed by atoms with Crippen LogP contribution >= 0.6 is 0 Å². The van der Waals surface area contributed by atoms with Crippen molar-refractivity contribution in [3.05, 3.63) is 12.0 Å². The standard InChI is InChI=1S/C5H6F4O3S/c1-2-13(10,11)12-3-4(6)5(7,8)9/h2,4H,1,3H2. The first-order valence-corrected chi connectivity index (χ1v) is 4.39. The molecule has 0 aromatic heterocycles. The second-order valence-electron chi connectivity index (χ2n) is 1.95. The lowest BCUT2D eigenvalue weighted by Gasteiger charge is -2.10. The molecule has 0 aliphatic heterocycles. The van der Waals surface area contributed by atoms with Gasteiger partial charge in [0.15, 0.2) is 0 Å². The van der Waals surface area contributed by atoms with Gasteiger partial charge in [-0.1, -0.05) is 6.58 Å². The number of hydrogen-bond donors (Lipinski definition) is 0. The van der Waals surface area contributed by atoms with Crippen molar-refractivity contribution in [1.82, 2.24) is 0 Å². The molecule has 0 heterocycles. The first-order valence-electron chi connectivity index (χ1n) is 2.91. The van der Waals surface area contributed by atoms with Gasteiger partial charge in [0.1, 0.15) is 6.61 Å². The van der Waals surface area contributed by atoms with Crippen LogP contribution in [0.3, 0.4) is 0 Å². The molecule has 0 N–H and O–H groups in total. The summed E-state index contributed by atoms with van der Waals surface area (Å²) >= 11 is 0. The fourth-order valence-electron chi connectivity index (χ4n) is 0.297. The van der Waals surface area contributed by atoms with Crippen LogP contribution in [-0.2, 0) is 14.3 Å². The van der Waals surface area contributed by atoms with Gasteiger partial charge >= 0.3 is 6.18 Å². The van der Waals surface area contributed by atoms with Crippen LogP contribution in [0.25, 0.3) is 0 Å². The Hall–Kier alpha value is -0.630. The average molecular weight is 222 g/mol. The molecular weight excluding hydrogens is 216 g/mol. The van der Waals surface area contributed by atoms with Crippen molar-refractivity contribution in [2.75, 3.05) is 6.61 Å². The van der Waals surface area contributed by atoms with Crippen LogP contribution in [-0.4, -0.2) is 27.4 Å². The Morgan fingerprint density at radius 1 is 1.46 bits per heavy atom. The van der Waals surface area contributed by atoms with E-state index in [1.54, 1.807) is 0 Å². The van der Waals surface area contributed by atoms with Gasteiger partial charge in [-0.05, 0) is 0 Å². The molecule has 8 heteroatoms. The summed E-state index contributed by atoms with van der Waals surface area (Å²) in [6, 6.07) is 0. The highest BCUT2D eigenvalue weighted by atomic mass is 32.2. The van der Waals surface area contributed by atoms with E-state index in [4.69, 9.17) is 0 Å². The summed E-state index contributed by atoms with van der Waals surface area (Å²) in [6.07, 6.45) is -8.43. The quantitative estimate of drug-likeness (QED) is 0.533. The smallest absolute Gasteiger partial charge is 0.263 e. The number of halogens is 4. The van der Waals surface area contributed by atoms with Crippen molar-refractivity contribution in [1.29, 1.82) is 0 Å². The molecule has 0 saturated carbocycles.